The SMILES string of the molecule is COc1ccc(N[C@H]2c3ccccc3C(=O)N2[C@H](C)c2ccccc2)cc1Cl. The minimum Gasteiger partial charge on any atom is -0.495 e. The summed E-state index contributed by atoms with van der Waals surface area (Å²) in [6, 6.07) is 23.2. The second-order valence-electron chi connectivity index (χ2n) is 6.78. The van der Waals surface area contributed by atoms with Crippen LogP contribution in [0.3, 0.4) is 0 Å². The Morgan fingerprint density at radius 3 is 2.46 bits per heavy atom. The van der Waals surface area contributed by atoms with Crippen LogP contribution in [-0.4, -0.2) is 17.9 Å². The molecular weight excluding hydrogens is 372 g/mol. The molecule has 2 atom stereocenters. The zero-order chi connectivity index (χ0) is 19.7. The lowest BCUT2D eigenvalue weighted by atomic mass is 10.1. The van der Waals surface area contributed by atoms with Gasteiger partial charge in [-0.2, -0.15) is 0 Å². The topological polar surface area (TPSA) is 41.6 Å². The van der Waals surface area contributed by atoms with Crippen molar-refractivity contribution in [2.45, 2.75) is 19.1 Å². The molecule has 5 heteroatoms. The van der Waals surface area contributed by atoms with Gasteiger partial charge in [0.05, 0.1) is 18.2 Å². The average Bonchev–Trinajstić information content (AvgIpc) is 3.00. The van der Waals surface area contributed by atoms with Crippen LogP contribution < -0.4 is 10.1 Å². The van der Waals surface area contributed by atoms with E-state index in [4.69, 9.17) is 16.3 Å². The van der Waals surface area contributed by atoms with E-state index in [0.717, 1.165) is 22.4 Å². The maximum absolute atomic E-state index is 13.2. The predicted octanol–water partition coefficient (Wildman–Crippen LogP) is 5.68. The minimum atomic E-state index is -0.289. The van der Waals surface area contributed by atoms with Crippen LogP contribution in [0.4, 0.5) is 5.69 Å². The van der Waals surface area contributed by atoms with Gasteiger partial charge in [-0.15, -0.1) is 0 Å². The summed E-state index contributed by atoms with van der Waals surface area (Å²) in [5, 5.41) is 4.01. The van der Waals surface area contributed by atoms with Crippen molar-refractivity contribution in [1.82, 2.24) is 4.90 Å². The standard InChI is InChI=1S/C23H21ClN2O2/c1-15(16-8-4-3-5-9-16)26-22(18-10-6-7-11-19(18)23(26)27)25-17-12-13-21(28-2)20(24)14-17/h3-15,22,25H,1-2H3/t15-,22-/m1/s1. The first-order chi connectivity index (χ1) is 13.6. The van der Waals surface area contributed by atoms with Gasteiger partial charge in [-0.1, -0.05) is 60.1 Å². The molecule has 0 fully saturated rings. The molecule has 0 unspecified atom stereocenters. The summed E-state index contributed by atoms with van der Waals surface area (Å²) in [5.74, 6) is 0.633. The molecule has 0 spiro atoms. The molecule has 4 rings (SSSR count). The predicted molar refractivity (Wildman–Crippen MR) is 112 cm³/mol. The Balaban J connectivity index is 1.72. The molecule has 142 valence electrons. The number of rotatable bonds is 5. The second-order valence-corrected chi connectivity index (χ2v) is 7.19. The molecule has 1 amide bonds. The Hall–Kier alpha value is -2.98. The van der Waals surface area contributed by atoms with Crippen LogP contribution in [0.2, 0.25) is 5.02 Å². The van der Waals surface area contributed by atoms with Crippen molar-refractivity contribution in [3.63, 3.8) is 0 Å². The number of ether oxygens (including phenoxy) is 1. The molecule has 0 radical (unpaired) electrons. The highest BCUT2D eigenvalue weighted by atomic mass is 35.5. The van der Waals surface area contributed by atoms with Gasteiger partial charge in [0.25, 0.3) is 5.91 Å². The number of carbonyl (C=O) groups excluding carboxylic acids is 1. The van der Waals surface area contributed by atoms with E-state index in [-0.39, 0.29) is 18.1 Å². The zero-order valence-electron chi connectivity index (χ0n) is 15.7. The van der Waals surface area contributed by atoms with Crippen molar-refractivity contribution in [1.29, 1.82) is 0 Å². The Morgan fingerprint density at radius 2 is 1.75 bits per heavy atom. The fraction of sp³-hybridized carbons (Fsp3) is 0.174. The summed E-state index contributed by atoms with van der Waals surface area (Å²) < 4.78 is 5.24. The highest BCUT2D eigenvalue weighted by molar-refractivity contribution is 6.32. The molecule has 0 saturated heterocycles. The first-order valence-corrected chi connectivity index (χ1v) is 9.54. The molecular formula is C23H21ClN2O2. The van der Waals surface area contributed by atoms with Gasteiger partial charge in [0.1, 0.15) is 11.9 Å². The first-order valence-electron chi connectivity index (χ1n) is 9.16. The number of methoxy groups -OCH3 is 1. The first kappa shape index (κ1) is 18.4. The molecule has 3 aromatic rings. The van der Waals surface area contributed by atoms with Gasteiger partial charge in [-0.25, -0.2) is 0 Å². The quantitative estimate of drug-likeness (QED) is 0.607. The van der Waals surface area contributed by atoms with Crippen molar-refractivity contribution < 1.29 is 9.53 Å². The lowest BCUT2D eigenvalue weighted by molar-refractivity contribution is 0.0667. The van der Waals surface area contributed by atoms with E-state index < -0.39 is 0 Å². The van der Waals surface area contributed by atoms with Gasteiger partial charge in [0.15, 0.2) is 0 Å². The number of hydrogen-bond donors (Lipinski definition) is 1. The van der Waals surface area contributed by atoms with Crippen LogP contribution in [0.1, 0.15) is 40.6 Å². The molecule has 4 nitrogen and oxygen atoms in total. The average molecular weight is 393 g/mol. The molecule has 1 heterocycles. The van der Waals surface area contributed by atoms with Crippen molar-refractivity contribution in [2.24, 2.45) is 0 Å². The highest BCUT2D eigenvalue weighted by Gasteiger charge is 2.39. The Kier molecular flexibility index (Phi) is 4.97. The number of carbonyl (C=O) groups is 1. The summed E-state index contributed by atoms with van der Waals surface area (Å²) in [4.78, 5) is 15.1. The largest absolute Gasteiger partial charge is 0.495 e. The second kappa shape index (κ2) is 7.56. The Bertz CT molecular complexity index is 1010. The van der Waals surface area contributed by atoms with Gasteiger partial charge < -0.3 is 15.0 Å². The number of anilines is 1. The molecule has 1 aliphatic rings. The third kappa shape index (κ3) is 3.20. The maximum atomic E-state index is 13.2. The van der Waals surface area contributed by atoms with Crippen molar-refractivity contribution in [3.05, 3.63) is 94.5 Å². The number of benzene rings is 3. The highest BCUT2D eigenvalue weighted by Crippen LogP contribution is 2.40. The summed E-state index contributed by atoms with van der Waals surface area (Å²) in [5.41, 5.74) is 3.60. The van der Waals surface area contributed by atoms with Crippen LogP contribution in [0.15, 0.2) is 72.8 Å². The molecule has 0 bridgehead atoms. The Labute approximate surface area is 169 Å². The van der Waals surface area contributed by atoms with Gasteiger partial charge >= 0.3 is 0 Å². The van der Waals surface area contributed by atoms with E-state index in [1.54, 1.807) is 7.11 Å². The maximum Gasteiger partial charge on any atom is 0.256 e. The summed E-state index contributed by atoms with van der Waals surface area (Å²) in [6.07, 6.45) is -0.289. The van der Waals surface area contributed by atoms with Crippen molar-refractivity contribution in [3.8, 4) is 5.75 Å². The molecule has 1 aliphatic heterocycles. The molecule has 0 aliphatic carbocycles. The van der Waals surface area contributed by atoms with Crippen LogP contribution in [0, 0.1) is 0 Å². The third-order valence-corrected chi connectivity index (χ3v) is 5.45. The number of nitrogens with one attached hydrogen (secondary N) is 1. The molecule has 0 aromatic heterocycles. The molecule has 0 saturated carbocycles. The molecule has 28 heavy (non-hydrogen) atoms. The number of hydrogen-bond acceptors (Lipinski definition) is 3. The molecule has 3 aromatic carbocycles. The van der Waals surface area contributed by atoms with Gasteiger partial charge in [0.2, 0.25) is 0 Å². The van der Waals surface area contributed by atoms with Gasteiger partial charge in [0, 0.05) is 16.8 Å². The van der Waals surface area contributed by atoms with Gasteiger partial charge in [-0.05, 0) is 36.8 Å². The zero-order valence-corrected chi connectivity index (χ0v) is 16.5. The number of amides is 1. The number of halogens is 1. The van der Waals surface area contributed by atoms with E-state index in [2.05, 4.69) is 12.2 Å². The van der Waals surface area contributed by atoms with E-state index in [1.807, 2.05) is 77.7 Å². The summed E-state index contributed by atoms with van der Waals surface area (Å²) in [7, 11) is 1.59. The molecule has 1 N–H and O–H groups in total. The van der Waals surface area contributed by atoms with Gasteiger partial charge in [-0.3, -0.25) is 4.79 Å². The van der Waals surface area contributed by atoms with Crippen LogP contribution in [-0.2, 0) is 0 Å². The van der Waals surface area contributed by atoms with E-state index in [9.17, 15) is 4.79 Å². The third-order valence-electron chi connectivity index (χ3n) is 5.15. The smallest absolute Gasteiger partial charge is 0.256 e. The van der Waals surface area contributed by atoms with Crippen molar-refractivity contribution >= 4 is 23.2 Å². The summed E-state index contributed by atoms with van der Waals surface area (Å²) >= 11 is 6.29. The minimum absolute atomic E-state index is 0.0176. The fourth-order valence-electron chi connectivity index (χ4n) is 3.69. The lowest BCUT2D eigenvalue weighted by Crippen LogP contribution is -2.34. The monoisotopic (exact) mass is 392 g/mol. The van der Waals surface area contributed by atoms with Crippen LogP contribution >= 0.6 is 11.6 Å². The van der Waals surface area contributed by atoms with E-state index in [0.29, 0.717) is 10.8 Å². The summed E-state index contributed by atoms with van der Waals surface area (Å²) in [6.45, 7) is 2.05. The van der Waals surface area contributed by atoms with E-state index in [1.165, 1.54) is 0 Å². The van der Waals surface area contributed by atoms with E-state index >= 15 is 0 Å². The fourth-order valence-corrected chi connectivity index (χ4v) is 3.95. The van der Waals surface area contributed by atoms with Crippen molar-refractivity contribution in [2.75, 3.05) is 12.4 Å². The Morgan fingerprint density at radius 1 is 1.04 bits per heavy atom. The normalized spacial score (nSPS) is 16.6. The van der Waals surface area contributed by atoms with Crippen LogP contribution in [0.25, 0.3) is 0 Å². The number of nitrogens with zero attached hydrogens (tertiary/aromatic N) is 1. The lowest BCUT2D eigenvalue weighted by Gasteiger charge is -2.32. The number of fused-ring (bicyclic) bond motifs is 1. The van der Waals surface area contributed by atoms with Crippen LogP contribution in [0.5, 0.6) is 5.75 Å².